The summed E-state index contributed by atoms with van der Waals surface area (Å²) in [5.74, 6) is 3.52. The van der Waals surface area contributed by atoms with E-state index in [0.717, 1.165) is 56.5 Å². The van der Waals surface area contributed by atoms with Crippen molar-refractivity contribution in [2.75, 3.05) is 13.1 Å². The Kier molecular flexibility index (Phi) is 7.46. The first-order valence-electron chi connectivity index (χ1n) is 10.7. The minimum atomic E-state index is 0.568. The smallest absolute Gasteiger partial charge is 0.191 e. The van der Waals surface area contributed by atoms with E-state index in [4.69, 9.17) is 4.99 Å². The molecule has 0 amide bonds. The molecule has 3 rings (SSSR count). The largest absolute Gasteiger partial charge is 0.357 e. The van der Waals surface area contributed by atoms with Gasteiger partial charge in [0.15, 0.2) is 11.8 Å². The topological polar surface area (TPSA) is 67.1 Å². The number of aromatic nitrogens is 3. The number of hydrogen-bond acceptors (Lipinski definition) is 3. The Bertz CT molecular complexity index is 760. The highest BCUT2D eigenvalue weighted by molar-refractivity contribution is 5.79. The molecule has 1 aliphatic heterocycles. The maximum absolute atomic E-state index is 4.71. The number of aryl methyl sites for hydroxylation is 2. The van der Waals surface area contributed by atoms with Crippen LogP contribution in [0.1, 0.15) is 68.7 Å². The molecule has 1 aromatic carbocycles. The molecule has 2 heterocycles. The second-order valence-corrected chi connectivity index (χ2v) is 7.76. The van der Waals surface area contributed by atoms with Crippen LogP contribution < -0.4 is 10.6 Å². The molecule has 2 N–H and O–H groups in total. The summed E-state index contributed by atoms with van der Waals surface area (Å²) in [5, 5.41) is 15.4. The van der Waals surface area contributed by atoms with Gasteiger partial charge in [-0.15, -0.1) is 10.2 Å². The molecule has 6 nitrogen and oxygen atoms in total. The third kappa shape index (κ3) is 5.57. The van der Waals surface area contributed by atoms with E-state index >= 15 is 0 Å². The van der Waals surface area contributed by atoms with E-state index in [1.54, 1.807) is 0 Å². The lowest BCUT2D eigenvalue weighted by Gasteiger charge is -2.14. The molecule has 28 heavy (non-hydrogen) atoms. The van der Waals surface area contributed by atoms with Crippen molar-refractivity contribution in [1.29, 1.82) is 0 Å². The number of guanidine groups is 1. The van der Waals surface area contributed by atoms with Gasteiger partial charge in [-0.05, 0) is 49.7 Å². The molecule has 0 radical (unpaired) electrons. The van der Waals surface area contributed by atoms with Gasteiger partial charge in [0.2, 0.25) is 0 Å². The lowest BCUT2D eigenvalue weighted by Crippen LogP contribution is -2.38. The Morgan fingerprint density at radius 3 is 2.71 bits per heavy atom. The average molecular weight is 383 g/mol. The summed E-state index contributed by atoms with van der Waals surface area (Å²) in [6.45, 7) is 9.89. The van der Waals surface area contributed by atoms with E-state index < -0.39 is 0 Å². The number of hydrogen-bond donors (Lipinski definition) is 2. The minimum Gasteiger partial charge on any atom is -0.357 e. The summed E-state index contributed by atoms with van der Waals surface area (Å²) in [6, 6.07) is 9.00. The second kappa shape index (κ2) is 10.2. The van der Waals surface area contributed by atoms with Crippen LogP contribution in [0.4, 0.5) is 0 Å². The van der Waals surface area contributed by atoms with Crippen LogP contribution in [0.5, 0.6) is 0 Å². The number of nitrogens with zero attached hydrogens (tertiary/aromatic N) is 4. The molecule has 0 saturated heterocycles. The first-order valence-corrected chi connectivity index (χ1v) is 10.7. The molecular formula is C22H34N6. The maximum atomic E-state index is 4.71. The van der Waals surface area contributed by atoms with E-state index in [2.05, 4.69) is 70.4 Å². The molecule has 1 aromatic heterocycles. The number of nitrogens with one attached hydrogen (secondary N) is 2. The number of benzene rings is 1. The molecule has 0 bridgehead atoms. The molecule has 0 atom stereocenters. The van der Waals surface area contributed by atoms with Gasteiger partial charge in [-0.3, -0.25) is 0 Å². The van der Waals surface area contributed by atoms with Crippen molar-refractivity contribution >= 4 is 5.96 Å². The van der Waals surface area contributed by atoms with E-state index in [1.807, 2.05) is 0 Å². The highest BCUT2D eigenvalue weighted by atomic mass is 15.3. The van der Waals surface area contributed by atoms with Gasteiger partial charge in [0.1, 0.15) is 12.4 Å². The Morgan fingerprint density at radius 1 is 1.14 bits per heavy atom. The van der Waals surface area contributed by atoms with Crippen molar-refractivity contribution in [3.63, 3.8) is 0 Å². The Labute approximate surface area is 168 Å². The van der Waals surface area contributed by atoms with Crippen LogP contribution in [0, 0.1) is 0 Å². The van der Waals surface area contributed by atoms with E-state index in [-0.39, 0.29) is 0 Å². The van der Waals surface area contributed by atoms with Gasteiger partial charge in [0, 0.05) is 26.1 Å². The molecule has 0 fully saturated rings. The molecule has 0 aliphatic carbocycles. The highest BCUT2D eigenvalue weighted by Gasteiger charge is 2.15. The monoisotopic (exact) mass is 382 g/mol. The molecule has 1 aliphatic rings. The zero-order chi connectivity index (χ0) is 19.8. The van der Waals surface area contributed by atoms with Crippen LogP contribution >= 0.6 is 0 Å². The van der Waals surface area contributed by atoms with Crippen molar-refractivity contribution in [1.82, 2.24) is 25.4 Å². The summed E-state index contributed by atoms with van der Waals surface area (Å²) in [7, 11) is 0. The molecule has 6 heteroatoms. The van der Waals surface area contributed by atoms with Gasteiger partial charge in [-0.1, -0.05) is 38.1 Å². The maximum Gasteiger partial charge on any atom is 0.191 e. The van der Waals surface area contributed by atoms with Crippen molar-refractivity contribution in [3.8, 4) is 0 Å². The molecule has 152 valence electrons. The summed E-state index contributed by atoms with van der Waals surface area (Å²) in [4.78, 5) is 4.71. The van der Waals surface area contributed by atoms with Gasteiger partial charge >= 0.3 is 0 Å². The van der Waals surface area contributed by atoms with E-state index in [0.29, 0.717) is 12.5 Å². The predicted molar refractivity (Wildman–Crippen MR) is 115 cm³/mol. The first-order chi connectivity index (χ1) is 13.7. The van der Waals surface area contributed by atoms with Crippen molar-refractivity contribution in [2.45, 2.75) is 71.9 Å². The highest BCUT2D eigenvalue weighted by Crippen LogP contribution is 2.16. The second-order valence-electron chi connectivity index (χ2n) is 7.76. The van der Waals surface area contributed by atoms with Crippen molar-refractivity contribution < 1.29 is 0 Å². The van der Waals surface area contributed by atoms with Crippen LogP contribution in [0.25, 0.3) is 0 Å². The summed E-state index contributed by atoms with van der Waals surface area (Å²) in [6.07, 6.45) is 5.60. The van der Waals surface area contributed by atoms with Crippen molar-refractivity contribution in [3.05, 3.63) is 47.0 Å². The fourth-order valence-electron chi connectivity index (χ4n) is 3.55. The Balaban J connectivity index is 1.47. The number of rotatable bonds is 8. The summed E-state index contributed by atoms with van der Waals surface area (Å²) in [5.41, 5.74) is 2.79. The summed E-state index contributed by atoms with van der Waals surface area (Å²) < 4.78 is 2.23. The van der Waals surface area contributed by atoms with Crippen LogP contribution in [0.3, 0.4) is 0 Å². The van der Waals surface area contributed by atoms with Crippen molar-refractivity contribution in [2.24, 2.45) is 4.99 Å². The SMILES string of the molecule is CCNC(=NCc1nnc2n1CCCC2)NCCCc1ccc(C(C)C)cc1. The van der Waals surface area contributed by atoms with E-state index in [9.17, 15) is 0 Å². The van der Waals surface area contributed by atoms with Crippen LogP contribution in [-0.2, 0) is 25.9 Å². The molecular weight excluding hydrogens is 348 g/mol. The zero-order valence-electron chi connectivity index (χ0n) is 17.5. The molecule has 0 spiro atoms. The van der Waals surface area contributed by atoms with Gasteiger partial charge < -0.3 is 15.2 Å². The Morgan fingerprint density at radius 2 is 1.96 bits per heavy atom. The first kappa shape index (κ1) is 20.4. The third-order valence-electron chi connectivity index (χ3n) is 5.24. The van der Waals surface area contributed by atoms with Crippen LogP contribution in [0.2, 0.25) is 0 Å². The summed E-state index contributed by atoms with van der Waals surface area (Å²) >= 11 is 0. The van der Waals surface area contributed by atoms with Gasteiger partial charge in [0.25, 0.3) is 0 Å². The Hall–Kier alpha value is -2.37. The number of fused-ring (bicyclic) bond motifs is 1. The van der Waals surface area contributed by atoms with Gasteiger partial charge in [-0.25, -0.2) is 4.99 Å². The zero-order valence-corrected chi connectivity index (χ0v) is 17.5. The quantitative estimate of drug-likeness (QED) is 0.417. The fourth-order valence-corrected chi connectivity index (χ4v) is 3.55. The molecule has 0 saturated carbocycles. The lowest BCUT2D eigenvalue weighted by molar-refractivity contribution is 0.508. The molecule has 2 aromatic rings. The minimum absolute atomic E-state index is 0.568. The van der Waals surface area contributed by atoms with Crippen LogP contribution in [0.15, 0.2) is 29.3 Å². The standard InChI is InChI=1S/C22H34N6/c1-4-23-22(25-16-21-27-26-20-9-5-6-15-28(20)21)24-14-7-8-18-10-12-19(13-11-18)17(2)3/h10-13,17H,4-9,14-16H2,1-3H3,(H2,23,24,25). The third-order valence-corrected chi connectivity index (χ3v) is 5.24. The number of aliphatic imine (C=N–C) groups is 1. The fraction of sp³-hybridized carbons (Fsp3) is 0.591. The lowest BCUT2D eigenvalue weighted by atomic mass is 10.0. The average Bonchev–Trinajstić information content (AvgIpc) is 3.13. The normalized spacial score (nSPS) is 14.2. The molecule has 0 unspecified atom stereocenters. The van der Waals surface area contributed by atoms with Gasteiger partial charge in [0.05, 0.1) is 0 Å². The van der Waals surface area contributed by atoms with Gasteiger partial charge in [-0.2, -0.15) is 0 Å². The van der Waals surface area contributed by atoms with Crippen LogP contribution in [-0.4, -0.2) is 33.8 Å². The van der Waals surface area contributed by atoms with E-state index in [1.165, 1.54) is 24.0 Å². The predicted octanol–water partition coefficient (Wildman–Crippen LogP) is 3.43.